The van der Waals surface area contributed by atoms with Crippen LogP contribution >= 0.6 is 0 Å². The van der Waals surface area contributed by atoms with E-state index >= 15 is 0 Å². The zero-order chi connectivity index (χ0) is 22.1. The number of ether oxygens (including phenoxy) is 2. The Morgan fingerprint density at radius 3 is 2.07 bits per heavy atom. The number of amides is 1. The lowest BCUT2D eigenvalue weighted by Gasteiger charge is -2.18. The fourth-order valence-corrected chi connectivity index (χ4v) is 4.15. The molecule has 0 fully saturated rings. The van der Waals surface area contributed by atoms with Gasteiger partial charge in [0.1, 0.15) is 5.75 Å². The Bertz CT molecular complexity index is 952. The van der Waals surface area contributed by atoms with E-state index in [0.717, 1.165) is 0 Å². The number of esters is 1. The molecular formula is C21H26N2O6S. The van der Waals surface area contributed by atoms with Crippen molar-refractivity contribution >= 4 is 27.6 Å². The van der Waals surface area contributed by atoms with E-state index < -0.39 is 28.5 Å². The van der Waals surface area contributed by atoms with Crippen molar-refractivity contribution in [1.82, 2.24) is 4.31 Å². The van der Waals surface area contributed by atoms with E-state index in [0.29, 0.717) is 31.1 Å². The van der Waals surface area contributed by atoms with Crippen molar-refractivity contribution in [3.63, 3.8) is 0 Å². The van der Waals surface area contributed by atoms with E-state index in [9.17, 15) is 18.0 Å². The van der Waals surface area contributed by atoms with Gasteiger partial charge in [-0.25, -0.2) is 13.2 Å². The Kier molecular flexibility index (Phi) is 8.37. The predicted molar refractivity (Wildman–Crippen MR) is 113 cm³/mol. The maximum Gasteiger partial charge on any atom is 0.338 e. The maximum absolute atomic E-state index is 12.5. The normalized spacial score (nSPS) is 11.2. The summed E-state index contributed by atoms with van der Waals surface area (Å²) in [6.45, 7) is 6.17. The summed E-state index contributed by atoms with van der Waals surface area (Å²) in [6, 6.07) is 12.2. The van der Waals surface area contributed by atoms with Gasteiger partial charge in [0, 0.05) is 18.8 Å². The van der Waals surface area contributed by atoms with E-state index in [1.807, 2.05) is 6.92 Å². The van der Waals surface area contributed by atoms with Crippen LogP contribution in [0.2, 0.25) is 0 Å². The van der Waals surface area contributed by atoms with Crippen molar-refractivity contribution in [3.05, 3.63) is 54.1 Å². The molecule has 0 aliphatic heterocycles. The fourth-order valence-electron chi connectivity index (χ4n) is 2.69. The molecule has 0 aliphatic carbocycles. The molecule has 9 heteroatoms. The summed E-state index contributed by atoms with van der Waals surface area (Å²) >= 11 is 0. The third-order valence-corrected chi connectivity index (χ3v) is 6.28. The van der Waals surface area contributed by atoms with Crippen molar-refractivity contribution in [2.45, 2.75) is 25.7 Å². The summed E-state index contributed by atoms with van der Waals surface area (Å²) in [4.78, 5) is 24.2. The Balaban J connectivity index is 1.92. The molecule has 1 N–H and O–H groups in total. The minimum Gasteiger partial charge on any atom is -0.494 e. The van der Waals surface area contributed by atoms with Crippen LogP contribution in [0, 0.1) is 0 Å². The second-order valence-corrected chi connectivity index (χ2v) is 8.13. The minimum absolute atomic E-state index is 0.0935. The fraction of sp³-hybridized carbons (Fsp3) is 0.333. The number of hydrogen-bond donors (Lipinski definition) is 1. The van der Waals surface area contributed by atoms with Gasteiger partial charge in [0.25, 0.3) is 5.91 Å². The van der Waals surface area contributed by atoms with Gasteiger partial charge in [0.2, 0.25) is 10.0 Å². The average Bonchev–Trinajstić information content (AvgIpc) is 2.74. The van der Waals surface area contributed by atoms with Gasteiger partial charge in [0.05, 0.1) is 17.1 Å². The van der Waals surface area contributed by atoms with Crippen molar-refractivity contribution in [2.24, 2.45) is 0 Å². The van der Waals surface area contributed by atoms with Crippen LogP contribution in [0.15, 0.2) is 53.4 Å². The lowest BCUT2D eigenvalue weighted by Crippen LogP contribution is -2.30. The van der Waals surface area contributed by atoms with Crippen molar-refractivity contribution in [1.29, 1.82) is 0 Å². The first-order chi connectivity index (χ1) is 14.3. The average molecular weight is 435 g/mol. The van der Waals surface area contributed by atoms with Crippen LogP contribution in [-0.4, -0.2) is 50.9 Å². The number of benzene rings is 2. The lowest BCUT2D eigenvalue weighted by atomic mass is 10.2. The van der Waals surface area contributed by atoms with Gasteiger partial charge in [-0.15, -0.1) is 0 Å². The van der Waals surface area contributed by atoms with Gasteiger partial charge in [0.15, 0.2) is 6.61 Å². The van der Waals surface area contributed by atoms with Gasteiger partial charge >= 0.3 is 5.97 Å². The van der Waals surface area contributed by atoms with Crippen LogP contribution in [0.25, 0.3) is 0 Å². The first kappa shape index (κ1) is 23.4. The number of hydrogen-bond acceptors (Lipinski definition) is 6. The van der Waals surface area contributed by atoms with Gasteiger partial charge in [-0.05, 0) is 55.5 Å². The van der Waals surface area contributed by atoms with E-state index in [1.54, 1.807) is 38.1 Å². The molecule has 1 amide bonds. The first-order valence-electron chi connectivity index (χ1n) is 9.61. The predicted octanol–water partition coefficient (Wildman–Crippen LogP) is 2.91. The third-order valence-electron chi connectivity index (χ3n) is 4.22. The number of nitrogens with zero attached hydrogens (tertiary/aromatic N) is 1. The quantitative estimate of drug-likeness (QED) is 0.577. The number of nitrogens with one attached hydrogen (secondary N) is 1. The molecule has 8 nitrogen and oxygen atoms in total. The minimum atomic E-state index is -3.60. The Morgan fingerprint density at radius 1 is 0.933 bits per heavy atom. The van der Waals surface area contributed by atoms with E-state index in [2.05, 4.69) is 5.32 Å². The molecule has 30 heavy (non-hydrogen) atoms. The lowest BCUT2D eigenvalue weighted by molar-refractivity contribution is -0.119. The molecule has 0 heterocycles. The van der Waals surface area contributed by atoms with E-state index in [-0.39, 0.29) is 10.5 Å². The van der Waals surface area contributed by atoms with E-state index in [1.165, 1.54) is 28.6 Å². The standard InChI is InChI=1S/C21H26N2O6S/c1-4-23(5-2)30(26,27)19-13-7-16(8-14-19)21(25)29-15-20(24)22-17-9-11-18(12-10-17)28-6-3/h7-14H,4-6,15H2,1-3H3,(H,22,24). The van der Waals surface area contributed by atoms with Gasteiger partial charge < -0.3 is 14.8 Å². The molecule has 0 saturated heterocycles. The van der Waals surface area contributed by atoms with Crippen molar-refractivity contribution < 1.29 is 27.5 Å². The molecule has 2 rings (SSSR count). The number of anilines is 1. The zero-order valence-electron chi connectivity index (χ0n) is 17.3. The maximum atomic E-state index is 12.5. The highest BCUT2D eigenvalue weighted by Gasteiger charge is 2.22. The Morgan fingerprint density at radius 2 is 1.53 bits per heavy atom. The first-order valence-corrected chi connectivity index (χ1v) is 11.1. The molecular weight excluding hydrogens is 408 g/mol. The molecule has 0 aromatic heterocycles. The van der Waals surface area contributed by atoms with Crippen LogP contribution in [0.4, 0.5) is 5.69 Å². The van der Waals surface area contributed by atoms with Crippen LogP contribution in [0.3, 0.4) is 0 Å². The van der Waals surface area contributed by atoms with Gasteiger partial charge in [-0.3, -0.25) is 4.79 Å². The summed E-state index contributed by atoms with van der Waals surface area (Å²) in [5.74, 6) is -0.523. The van der Waals surface area contributed by atoms with E-state index in [4.69, 9.17) is 9.47 Å². The number of rotatable bonds is 10. The van der Waals surface area contributed by atoms with Crippen LogP contribution in [0.5, 0.6) is 5.75 Å². The molecule has 0 atom stereocenters. The number of carbonyl (C=O) groups is 2. The summed E-state index contributed by atoms with van der Waals surface area (Å²) in [5, 5.41) is 2.62. The summed E-state index contributed by atoms with van der Waals surface area (Å²) in [6.07, 6.45) is 0. The molecule has 0 radical (unpaired) electrons. The second-order valence-electron chi connectivity index (χ2n) is 6.20. The largest absolute Gasteiger partial charge is 0.494 e. The topological polar surface area (TPSA) is 102 Å². The van der Waals surface area contributed by atoms with Gasteiger partial charge in [-0.2, -0.15) is 4.31 Å². The molecule has 0 aliphatic rings. The molecule has 0 unspecified atom stereocenters. The molecule has 2 aromatic rings. The van der Waals surface area contributed by atoms with Gasteiger partial charge in [-0.1, -0.05) is 13.8 Å². The SMILES string of the molecule is CCOc1ccc(NC(=O)COC(=O)c2ccc(S(=O)(=O)N(CC)CC)cc2)cc1. The van der Waals surface area contributed by atoms with Crippen molar-refractivity contribution in [2.75, 3.05) is 31.6 Å². The monoisotopic (exact) mass is 434 g/mol. The van der Waals surface area contributed by atoms with Crippen LogP contribution in [0.1, 0.15) is 31.1 Å². The van der Waals surface area contributed by atoms with Crippen molar-refractivity contribution in [3.8, 4) is 5.75 Å². The number of carbonyl (C=O) groups excluding carboxylic acids is 2. The molecule has 162 valence electrons. The third kappa shape index (κ3) is 6.04. The highest BCUT2D eigenvalue weighted by atomic mass is 32.2. The van der Waals surface area contributed by atoms with Crippen LogP contribution < -0.4 is 10.1 Å². The molecule has 0 spiro atoms. The highest BCUT2D eigenvalue weighted by molar-refractivity contribution is 7.89. The highest BCUT2D eigenvalue weighted by Crippen LogP contribution is 2.17. The Hall–Kier alpha value is -2.91. The number of sulfonamides is 1. The van der Waals surface area contributed by atoms with Crippen LogP contribution in [-0.2, 0) is 19.6 Å². The molecule has 2 aromatic carbocycles. The summed E-state index contributed by atoms with van der Waals surface area (Å²) in [7, 11) is -3.60. The second kappa shape index (κ2) is 10.7. The summed E-state index contributed by atoms with van der Waals surface area (Å²) < 4.78 is 36.6. The Labute approximate surface area is 176 Å². The molecule has 0 bridgehead atoms. The molecule has 0 saturated carbocycles. The summed E-state index contributed by atoms with van der Waals surface area (Å²) in [5.41, 5.74) is 0.702. The zero-order valence-corrected chi connectivity index (χ0v) is 18.1. The smallest absolute Gasteiger partial charge is 0.338 e.